The lowest BCUT2D eigenvalue weighted by Crippen LogP contribution is -2.26. The monoisotopic (exact) mass is 280 g/mol. The summed E-state index contributed by atoms with van der Waals surface area (Å²) in [6, 6.07) is 5.22. The van der Waals surface area contributed by atoms with E-state index in [1.165, 1.54) is 12.1 Å². The van der Waals surface area contributed by atoms with Crippen LogP contribution < -0.4 is 5.32 Å². The highest BCUT2D eigenvalue weighted by Crippen LogP contribution is 2.16. The van der Waals surface area contributed by atoms with E-state index in [9.17, 15) is 18.0 Å². The highest BCUT2D eigenvalue weighted by molar-refractivity contribution is 5.94. The van der Waals surface area contributed by atoms with Crippen molar-refractivity contribution in [3.8, 4) is 0 Å². The molecule has 0 saturated carbocycles. The normalized spacial score (nSPS) is 12.0. The molecule has 1 unspecified atom stereocenters. The molecule has 1 N–H and O–H groups in total. The number of benzene rings is 1. The van der Waals surface area contributed by atoms with Crippen molar-refractivity contribution in [2.75, 3.05) is 0 Å². The molecule has 0 aliphatic heterocycles. The maximum Gasteiger partial charge on any atom is 0.253 e. The number of aromatic nitrogens is 1. The van der Waals surface area contributed by atoms with Crippen molar-refractivity contribution >= 4 is 5.91 Å². The molecular weight excluding hydrogens is 269 g/mol. The van der Waals surface area contributed by atoms with Crippen LogP contribution in [-0.4, -0.2) is 10.9 Å². The van der Waals surface area contributed by atoms with Crippen molar-refractivity contribution in [1.82, 2.24) is 10.3 Å². The second-order valence-corrected chi connectivity index (χ2v) is 4.24. The summed E-state index contributed by atoms with van der Waals surface area (Å²) in [6.07, 6.45) is 1.10. The van der Waals surface area contributed by atoms with Gasteiger partial charge in [0.1, 0.15) is 0 Å². The third-order valence-corrected chi connectivity index (χ3v) is 2.78. The van der Waals surface area contributed by atoms with Gasteiger partial charge >= 0.3 is 0 Å². The number of nitrogens with one attached hydrogen (secondary N) is 1. The Labute approximate surface area is 113 Å². The third kappa shape index (κ3) is 3.14. The number of hydrogen-bond donors (Lipinski definition) is 1. The van der Waals surface area contributed by atoms with E-state index in [1.807, 2.05) is 0 Å². The fourth-order valence-corrected chi connectivity index (χ4v) is 1.66. The van der Waals surface area contributed by atoms with Gasteiger partial charge in [0, 0.05) is 6.20 Å². The van der Waals surface area contributed by atoms with Gasteiger partial charge in [0.15, 0.2) is 11.6 Å². The van der Waals surface area contributed by atoms with Crippen LogP contribution in [0, 0.1) is 17.6 Å². The smallest absolute Gasteiger partial charge is 0.253 e. The number of nitrogens with zero attached hydrogens (tertiary/aromatic N) is 1. The molecule has 1 heterocycles. The summed E-state index contributed by atoms with van der Waals surface area (Å²) < 4.78 is 38.6. The Morgan fingerprint density at radius 2 is 1.90 bits per heavy atom. The SMILES string of the molecule is CC(NC(=O)c1ccc(F)nc1)c1ccc(F)c(F)c1. The molecule has 1 atom stereocenters. The molecule has 20 heavy (non-hydrogen) atoms. The van der Waals surface area contributed by atoms with E-state index in [0.717, 1.165) is 24.4 Å². The quantitative estimate of drug-likeness (QED) is 0.878. The van der Waals surface area contributed by atoms with E-state index < -0.39 is 29.5 Å². The minimum Gasteiger partial charge on any atom is -0.345 e. The summed E-state index contributed by atoms with van der Waals surface area (Å²) >= 11 is 0. The van der Waals surface area contributed by atoms with Crippen LogP contribution in [-0.2, 0) is 0 Å². The molecule has 1 aromatic carbocycles. The van der Waals surface area contributed by atoms with Crippen LogP contribution in [0.3, 0.4) is 0 Å². The Balaban J connectivity index is 2.10. The average molecular weight is 280 g/mol. The molecule has 104 valence electrons. The molecule has 0 saturated heterocycles. The predicted octanol–water partition coefficient (Wildman–Crippen LogP) is 2.99. The fraction of sp³-hybridized carbons (Fsp3) is 0.143. The van der Waals surface area contributed by atoms with Gasteiger partial charge in [-0.05, 0) is 36.8 Å². The van der Waals surface area contributed by atoms with E-state index in [0.29, 0.717) is 5.56 Å². The highest BCUT2D eigenvalue weighted by Gasteiger charge is 2.13. The van der Waals surface area contributed by atoms with Gasteiger partial charge < -0.3 is 5.32 Å². The fourth-order valence-electron chi connectivity index (χ4n) is 1.66. The van der Waals surface area contributed by atoms with Crippen LogP contribution in [0.15, 0.2) is 36.5 Å². The minimum absolute atomic E-state index is 0.181. The van der Waals surface area contributed by atoms with Crippen LogP contribution in [0.25, 0.3) is 0 Å². The summed E-state index contributed by atoms with van der Waals surface area (Å²) in [5.74, 6) is -3.09. The number of halogens is 3. The molecule has 2 aromatic rings. The van der Waals surface area contributed by atoms with Crippen molar-refractivity contribution in [3.05, 3.63) is 65.2 Å². The summed E-state index contributed by atoms with van der Waals surface area (Å²) in [5, 5.41) is 2.59. The lowest BCUT2D eigenvalue weighted by atomic mass is 10.1. The van der Waals surface area contributed by atoms with Gasteiger partial charge in [-0.1, -0.05) is 6.07 Å². The summed E-state index contributed by atoms with van der Waals surface area (Å²) in [7, 11) is 0. The van der Waals surface area contributed by atoms with E-state index >= 15 is 0 Å². The van der Waals surface area contributed by atoms with Crippen LogP contribution in [0.5, 0.6) is 0 Å². The third-order valence-electron chi connectivity index (χ3n) is 2.78. The Bertz CT molecular complexity index is 629. The Morgan fingerprint density at radius 1 is 1.15 bits per heavy atom. The molecule has 6 heteroatoms. The second-order valence-electron chi connectivity index (χ2n) is 4.24. The van der Waals surface area contributed by atoms with Crippen molar-refractivity contribution in [3.63, 3.8) is 0 Å². The van der Waals surface area contributed by atoms with Crippen LogP contribution in [0.1, 0.15) is 28.9 Å². The number of carbonyl (C=O) groups excluding carboxylic acids is 1. The summed E-state index contributed by atoms with van der Waals surface area (Å²) in [5.41, 5.74) is 0.605. The number of carbonyl (C=O) groups is 1. The Morgan fingerprint density at radius 3 is 2.50 bits per heavy atom. The van der Waals surface area contributed by atoms with Crippen molar-refractivity contribution in [2.45, 2.75) is 13.0 Å². The molecule has 0 aliphatic rings. The van der Waals surface area contributed by atoms with Crippen LogP contribution in [0.4, 0.5) is 13.2 Å². The van der Waals surface area contributed by atoms with Gasteiger partial charge in [-0.25, -0.2) is 13.8 Å². The lowest BCUT2D eigenvalue weighted by Gasteiger charge is -2.14. The first-order valence-corrected chi connectivity index (χ1v) is 5.84. The zero-order valence-electron chi connectivity index (χ0n) is 10.5. The van der Waals surface area contributed by atoms with E-state index in [1.54, 1.807) is 6.92 Å². The maximum atomic E-state index is 13.1. The first-order chi connectivity index (χ1) is 9.47. The van der Waals surface area contributed by atoms with Crippen molar-refractivity contribution in [2.24, 2.45) is 0 Å². The van der Waals surface area contributed by atoms with Gasteiger partial charge in [0.2, 0.25) is 5.95 Å². The van der Waals surface area contributed by atoms with Crippen molar-refractivity contribution < 1.29 is 18.0 Å². The van der Waals surface area contributed by atoms with Gasteiger partial charge in [-0.2, -0.15) is 4.39 Å². The van der Waals surface area contributed by atoms with Gasteiger partial charge in [0.05, 0.1) is 11.6 Å². The van der Waals surface area contributed by atoms with Gasteiger partial charge in [-0.15, -0.1) is 0 Å². The standard InChI is InChI=1S/C14H11F3N2O/c1-8(9-2-4-11(15)12(16)6-9)19-14(20)10-3-5-13(17)18-7-10/h2-8H,1H3,(H,19,20). The minimum atomic E-state index is -0.980. The molecule has 0 fully saturated rings. The zero-order chi connectivity index (χ0) is 14.7. The number of hydrogen-bond acceptors (Lipinski definition) is 2. The van der Waals surface area contributed by atoms with Crippen molar-refractivity contribution in [1.29, 1.82) is 0 Å². The van der Waals surface area contributed by atoms with E-state index in [4.69, 9.17) is 0 Å². The predicted molar refractivity (Wildman–Crippen MR) is 66.4 cm³/mol. The largest absolute Gasteiger partial charge is 0.345 e. The first kappa shape index (κ1) is 14.0. The number of amides is 1. The summed E-state index contributed by atoms with van der Waals surface area (Å²) in [4.78, 5) is 15.2. The number of pyridine rings is 1. The van der Waals surface area contributed by atoms with Crippen LogP contribution in [0.2, 0.25) is 0 Å². The van der Waals surface area contributed by atoms with Crippen LogP contribution >= 0.6 is 0 Å². The van der Waals surface area contributed by atoms with Gasteiger partial charge in [-0.3, -0.25) is 4.79 Å². The molecule has 0 aliphatic carbocycles. The van der Waals surface area contributed by atoms with Gasteiger partial charge in [0.25, 0.3) is 5.91 Å². The average Bonchev–Trinajstić information content (AvgIpc) is 2.42. The molecule has 3 nitrogen and oxygen atoms in total. The Kier molecular flexibility index (Phi) is 4.02. The topological polar surface area (TPSA) is 42.0 Å². The molecule has 0 spiro atoms. The zero-order valence-corrected chi connectivity index (χ0v) is 10.5. The molecular formula is C14H11F3N2O. The lowest BCUT2D eigenvalue weighted by molar-refractivity contribution is 0.0939. The molecule has 0 bridgehead atoms. The first-order valence-electron chi connectivity index (χ1n) is 5.84. The number of rotatable bonds is 3. The highest BCUT2D eigenvalue weighted by atomic mass is 19.2. The van der Waals surface area contributed by atoms with E-state index in [2.05, 4.69) is 10.3 Å². The second kappa shape index (κ2) is 5.73. The van der Waals surface area contributed by atoms with E-state index in [-0.39, 0.29) is 5.56 Å². The molecule has 1 amide bonds. The maximum absolute atomic E-state index is 13.1. The molecule has 1 aromatic heterocycles. The molecule has 0 radical (unpaired) electrons. The molecule has 2 rings (SSSR count). The summed E-state index contributed by atoms with van der Waals surface area (Å²) in [6.45, 7) is 1.63. The Hall–Kier alpha value is -2.37.